The number of hydrogen-bond acceptors (Lipinski definition) is 4. The highest BCUT2D eigenvalue weighted by molar-refractivity contribution is 5.93. The molecule has 116 valence electrons. The number of aliphatic hydroxyl groups excluding tert-OH is 1. The third-order valence-electron chi connectivity index (χ3n) is 3.90. The van der Waals surface area contributed by atoms with Crippen molar-refractivity contribution < 1.29 is 14.6 Å². The fourth-order valence-corrected chi connectivity index (χ4v) is 2.79. The van der Waals surface area contributed by atoms with Gasteiger partial charge in [-0.15, -0.1) is 0 Å². The highest BCUT2D eigenvalue weighted by atomic mass is 16.5. The first-order valence-electron chi connectivity index (χ1n) is 7.40. The van der Waals surface area contributed by atoms with Crippen LogP contribution in [-0.2, 0) is 4.79 Å². The Morgan fingerprint density at radius 3 is 3.05 bits per heavy atom. The van der Waals surface area contributed by atoms with Crippen molar-refractivity contribution >= 4 is 11.6 Å². The van der Waals surface area contributed by atoms with Gasteiger partial charge in [-0.05, 0) is 49.9 Å². The number of hydrogen-bond donors (Lipinski definition) is 2. The Balaban J connectivity index is 1.89. The molecule has 2 N–H and O–H groups in total. The highest BCUT2D eigenvalue weighted by Gasteiger charge is 2.23. The number of methoxy groups -OCH3 is 1. The minimum absolute atomic E-state index is 0.0245. The predicted molar refractivity (Wildman–Crippen MR) is 82.6 cm³/mol. The van der Waals surface area contributed by atoms with Crippen molar-refractivity contribution in [3.8, 4) is 5.75 Å². The quantitative estimate of drug-likeness (QED) is 0.837. The average Bonchev–Trinajstić information content (AvgIpc) is 2.86. The zero-order chi connectivity index (χ0) is 15.2. The van der Waals surface area contributed by atoms with Gasteiger partial charge in [0, 0.05) is 13.2 Å². The monoisotopic (exact) mass is 292 g/mol. The molecule has 0 radical (unpaired) electrons. The van der Waals surface area contributed by atoms with E-state index in [0.717, 1.165) is 31.5 Å². The number of ether oxygens (including phenoxy) is 1. The van der Waals surface area contributed by atoms with Crippen molar-refractivity contribution in [2.24, 2.45) is 5.92 Å². The van der Waals surface area contributed by atoms with Crippen molar-refractivity contribution in [3.05, 3.63) is 23.8 Å². The highest BCUT2D eigenvalue weighted by Crippen LogP contribution is 2.25. The van der Waals surface area contributed by atoms with Gasteiger partial charge in [-0.2, -0.15) is 0 Å². The van der Waals surface area contributed by atoms with Crippen LogP contribution in [0.15, 0.2) is 18.2 Å². The number of carbonyl (C=O) groups is 1. The minimum atomic E-state index is -0.0245. The van der Waals surface area contributed by atoms with E-state index in [0.29, 0.717) is 23.9 Å². The smallest absolute Gasteiger partial charge is 0.238 e. The van der Waals surface area contributed by atoms with Gasteiger partial charge in [-0.3, -0.25) is 9.69 Å². The lowest BCUT2D eigenvalue weighted by atomic mass is 10.1. The Bertz CT molecular complexity index is 490. The molecule has 0 aromatic heterocycles. The SMILES string of the molecule is COc1ccc(C)cc1NC(=O)CN1CCC(CCO)C1. The van der Waals surface area contributed by atoms with Crippen LogP contribution in [0.25, 0.3) is 0 Å². The van der Waals surface area contributed by atoms with Crippen LogP contribution in [-0.4, -0.2) is 49.3 Å². The van der Waals surface area contributed by atoms with Gasteiger partial charge >= 0.3 is 0 Å². The summed E-state index contributed by atoms with van der Waals surface area (Å²) in [6, 6.07) is 5.72. The summed E-state index contributed by atoms with van der Waals surface area (Å²) in [6.45, 7) is 4.40. The van der Waals surface area contributed by atoms with E-state index in [-0.39, 0.29) is 12.5 Å². The van der Waals surface area contributed by atoms with Crippen LogP contribution in [0, 0.1) is 12.8 Å². The second kappa shape index (κ2) is 7.43. The molecule has 2 rings (SSSR count). The van der Waals surface area contributed by atoms with Crippen molar-refractivity contribution in [1.82, 2.24) is 4.90 Å². The Morgan fingerprint density at radius 1 is 1.52 bits per heavy atom. The molecule has 1 aliphatic heterocycles. The Labute approximate surface area is 125 Å². The summed E-state index contributed by atoms with van der Waals surface area (Å²) in [5, 5.41) is 11.9. The largest absolute Gasteiger partial charge is 0.495 e. The molecule has 5 nitrogen and oxygen atoms in total. The second-order valence-electron chi connectivity index (χ2n) is 5.65. The number of amides is 1. The molecule has 1 saturated heterocycles. The van der Waals surface area contributed by atoms with E-state index in [9.17, 15) is 4.79 Å². The minimum Gasteiger partial charge on any atom is -0.495 e. The number of likely N-dealkylation sites (tertiary alicyclic amines) is 1. The van der Waals surface area contributed by atoms with Crippen molar-refractivity contribution in [1.29, 1.82) is 0 Å². The van der Waals surface area contributed by atoms with Gasteiger partial charge in [0.2, 0.25) is 5.91 Å². The average molecular weight is 292 g/mol. The maximum absolute atomic E-state index is 12.2. The molecule has 21 heavy (non-hydrogen) atoms. The van der Waals surface area contributed by atoms with Gasteiger partial charge in [0.1, 0.15) is 5.75 Å². The number of benzene rings is 1. The van der Waals surface area contributed by atoms with Gasteiger partial charge in [-0.25, -0.2) is 0 Å². The fraction of sp³-hybridized carbons (Fsp3) is 0.562. The number of aryl methyl sites for hydroxylation is 1. The lowest BCUT2D eigenvalue weighted by Gasteiger charge is -2.16. The molecule has 5 heteroatoms. The topological polar surface area (TPSA) is 61.8 Å². The Hall–Kier alpha value is -1.59. The lowest BCUT2D eigenvalue weighted by Crippen LogP contribution is -2.31. The van der Waals surface area contributed by atoms with Crippen LogP contribution in [0.4, 0.5) is 5.69 Å². The summed E-state index contributed by atoms with van der Waals surface area (Å²) < 4.78 is 5.26. The van der Waals surface area contributed by atoms with Crippen LogP contribution < -0.4 is 10.1 Å². The van der Waals surface area contributed by atoms with Gasteiger partial charge in [0.05, 0.1) is 19.3 Å². The molecule has 0 aliphatic carbocycles. The van der Waals surface area contributed by atoms with E-state index < -0.39 is 0 Å². The molecule has 0 spiro atoms. The van der Waals surface area contributed by atoms with Crippen LogP contribution in [0.3, 0.4) is 0 Å². The van der Waals surface area contributed by atoms with Crippen molar-refractivity contribution in [3.63, 3.8) is 0 Å². The standard InChI is InChI=1S/C16H24N2O3/c1-12-3-4-15(21-2)14(9-12)17-16(20)11-18-7-5-13(10-18)6-8-19/h3-4,9,13,19H,5-8,10-11H2,1-2H3,(H,17,20). The number of nitrogens with one attached hydrogen (secondary N) is 1. The molecule has 1 aromatic rings. The molecular formula is C16H24N2O3. The molecule has 1 amide bonds. The number of nitrogens with zero attached hydrogens (tertiary/aromatic N) is 1. The zero-order valence-electron chi connectivity index (χ0n) is 12.8. The maximum Gasteiger partial charge on any atom is 0.238 e. The molecule has 1 aromatic carbocycles. The van der Waals surface area contributed by atoms with E-state index in [2.05, 4.69) is 10.2 Å². The van der Waals surface area contributed by atoms with Crippen LogP contribution >= 0.6 is 0 Å². The van der Waals surface area contributed by atoms with Crippen molar-refractivity contribution in [2.75, 3.05) is 38.7 Å². The zero-order valence-corrected chi connectivity index (χ0v) is 12.8. The number of aliphatic hydroxyl groups is 1. The molecular weight excluding hydrogens is 268 g/mol. The predicted octanol–water partition coefficient (Wildman–Crippen LogP) is 1.65. The number of anilines is 1. The van der Waals surface area contributed by atoms with E-state index in [1.807, 2.05) is 25.1 Å². The number of rotatable bonds is 6. The summed E-state index contributed by atoms with van der Waals surface area (Å²) >= 11 is 0. The van der Waals surface area contributed by atoms with E-state index in [1.54, 1.807) is 7.11 Å². The fourth-order valence-electron chi connectivity index (χ4n) is 2.79. The third kappa shape index (κ3) is 4.44. The van der Waals surface area contributed by atoms with Crippen LogP contribution in [0.1, 0.15) is 18.4 Å². The molecule has 1 fully saturated rings. The van der Waals surface area contributed by atoms with E-state index in [4.69, 9.17) is 9.84 Å². The number of carbonyl (C=O) groups excluding carboxylic acids is 1. The Morgan fingerprint density at radius 2 is 2.33 bits per heavy atom. The summed E-state index contributed by atoms with van der Waals surface area (Å²) in [7, 11) is 1.60. The molecule has 0 bridgehead atoms. The van der Waals surface area contributed by atoms with E-state index in [1.165, 1.54) is 0 Å². The molecule has 1 atom stereocenters. The summed E-state index contributed by atoms with van der Waals surface area (Å²) in [4.78, 5) is 14.3. The summed E-state index contributed by atoms with van der Waals surface area (Å²) in [5.41, 5.74) is 1.80. The van der Waals surface area contributed by atoms with Crippen LogP contribution in [0.2, 0.25) is 0 Å². The summed E-state index contributed by atoms with van der Waals surface area (Å²) in [6.07, 6.45) is 1.88. The van der Waals surface area contributed by atoms with Gasteiger partial charge in [0.15, 0.2) is 0 Å². The maximum atomic E-state index is 12.2. The van der Waals surface area contributed by atoms with Gasteiger partial charge in [0.25, 0.3) is 0 Å². The normalized spacial score (nSPS) is 18.7. The third-order valence-corrected chi connectivity index (χ3v) is 3.90. The van der Waals surface area contributed by atoms with Gasteiger partial charge < -0.3 is 15.2 Å². The molecule has 1 heterocycles. The van der Waals surface area contributed by atoms with Crippen LogP contribution in [0.5, 0.6) is 5.75 Å². The summed E-state index contributed by atoms with van der Waals surface area (Å²) in [5.74, 6) is 1.16. The van der Waals surface area contributed by atoms with Gasteiger partial charge in [-0.1, -0.05) is 6.07 Å². The van der Waals surface area contributed by atoms with Crippen molar-refractivity contribution in [2.45, 2.75) is 19.8 Å². The molecule has 0 saturated carbocycles. The second-order valence-corrected chi connectivity index (χ2v) is 5.65. The first-order chi connectivity index (χ1) is 10.1. The first kappa shape index (κ1) is 15.8. The molecule has 1 unspecified atom stereocenters. The Kier molecular flexibility index (Phi) is 5.59. The first-order valence-corrected chi connectivity index (χ1v) is 7.40. The lowest BCUT2D eigenvalue weighted by molar-refractivity contribution is -0.117. The van der Waals surface area contributed by atoms with E-state index >= 15 is 0 Å². The molecule has 1 aliphatic rings.